The summed E-state index contributed by atoms with van der Waals surface area (Å²) in [5, 5.41) is 0. The number of carbonyl (C=O) groups is 1. The molecule has 3 aliphatic rings. The van der Waals surface area contributed by atoms with Gasteiger partial charge in [0.1, 0.15) is 6.54 Å². The third-order valence-corrected chi connectivity index (χ3v) is 6.05. The zero-order valence-corrected chi connectivity index (χ0v) is 15.9. The Kier molecular flexibility index (Phi) is 4.56. The standard InChI is InChI=1S/C22H25N5O/c28-22(15-26-16-24-20-6-1-2-7-21(20)26)27-12-17-8-9-19(27)14-25(11-17)13-18-5-3-4-10-23-18/h1-7,10,16-17,19H,8-9,11-15H2/t17-,19+/m0/s1. The minimum atomic E-state index is 0.206. The highest BCUT2D eigenvalue weighted by Gasteiger charge is 2.37. The predicted molar refractivity (Wildman–Crippen MR) is 107 cm³/mol. The highest BCUT2D eigenvalue weighted by Crippen LogP contribution is 2.29. The molecule has 1 amide bonds. The number of nitrogens with zero attached hydrogens (tertiary/aromatic N) is 5. The van der Waals surface area contributed by atoms with Crippen molar-refractivity contribution in [1.82, 2.24) is 24.3 Å². The molecule has 2 bridgehead atoms. The number of rotatable bonds is 4. The lowest BCUT2D eigenvalue weighted by Crippen LogP contribution is -2.48. The van der Waals surface area contributed by atoms with Crippen molar-refractivity contribution in [3.63, 3.8) is 0 Å². The average molecular weight is 375 g/mol. The van der Waals surface area contributed by atoms with E-state index >= 15 is 0 Å². The number of carbonyl (C=O) groups excluding carboxylic acids is 1. The van der Waals surface area contributed by atoms with Crippen molar-refractivity contribution in [2.75, 3.05) is 19.6 Å². The van der Waals surface area contributed by atoms with Crippen molar-refractivity contribution in [3.05, 3.63) is 60.7 Å². The van der Waals surface area contributed by atoms with Gasteiger partial charge in [-0.25, -0.2) is 4.98 Å². The maximum Gasteiger partial charge on any atom is 0.242 e. The maximum atomic E-state index is 13.2. The normalized spacial score (nSPS) is 22.5. The molecule has 0 spiro atoms. The smallest absolute Gasteiger partial charge is 0.242 e. The van der Waals surface area contributed by atoms with Gasteiger partial charge in [0.05, 0.1) is 23.1 Å². The quantitative estimate of drug-likeness (QED) is 0.703. The van der Waals surface area contributed by atoms with Crippen LogP contribution in [0.4, 0.5) is 0 Å². The molecular formula is C22H25N5O. The molecule has 0 unspecified atom stereocenters. The summed E-state index contributed by atoms with van der Waals surface area (Å²) < 4.78 is 1.97. The molecule has 0 aliphatic carbocycles. The Morgan fingerprint density at radius 2 is 1.89 bits per heavy atom. The summed E-state index contributed by atoms with van der Waals surface area (Å²) in [7, 11) is 0. The van der Waals surface area contributed by atoms with Gasteiger partial charge in [0.15, 0.2) is 0 Å². The molecule has 3 saturated heterocycles. The summed E-state index contributed by atoms with van der Waals surface area (Å²) in [5.74, 6) is 0.753. The highest BCUT2D eigenvalue weighted by atomic mass is 16.2. The number of fused-ring (bicyclic) bond motifs is 5. The van der Waals surface area contributed by atoms with E-state index in [0.717, 1.165) is 49.3 Å². The van der Waals surface area contributed by atoms with Crippen LogP contribution >= 0.6 is 0 Å². The minimum absolute atomic E-state index is 0.206. The summed E-state index contributed by atoms with van der Waals surface area (Å²) in [6.45, 7) is 4.08. The number of amides is 1. The Hall–Kier alpha value is -2.73. The second-order valence-corrected chi connectivity index (χ2v) is 8.02. The van der Waals surface area contributed by atoms with Crippen LogP contribution in [0.25, 0.3) is 11.0 Å². The molecule has 0 radical (unpaired) electrons. The van der Waals surface area contributed by atoms with E-state index in [1.165, 1.54) is 6.42 Å². The third-order valence-electron chi connectivity index (χ3n) is 6.05. The number of aromatic nitrogens is 3. The maximum absolute atomic E-state index is 13.2. The fourth-order valence-electron chi connectivity index (χ4n) is 4.71. The van der Waals surface area contributed by atoms with Crippen molar-refractivity contribution < 1.29 is 4.79 Å². The van der Waals surface area contributed by atoms with Crippen molar-refractivity contribution in [3.8, 4) is 0 Å². The van der Waals surface area contributed by atoms with Crippen LogP contribution in [0.1, 0.15) is 18.5 Å². The molecule has 0 saturated carbocycles. The molecular weight excluding hydrogens is 350 g/mol. The summed E-state index contributed by atoms with van der Waals surface area (Å²) in [6.07, 6.45) is 5.94. The fourth-order valence-corrected chi connectivity index (χ4v) is 4.71. The van der Waals surface area contributed by atoms with E-state index in [0.29, 0.717) is 18.5 Å². The number of imidazole rings is 1. The molecule has 6 rings (SSSR count). The molecule has 5 heterocycles. The van der Waals surface area contributed by atoms with Crippen LogP contribution in [0.3, 0.4) is 0 Å². The van der Waals surface area contributed by atoms with Gasteiger partial charge in [-0.15, -0.1) is 0 Å². The molecule has 2 aromatic heterocycles. The zero-order valence-electron chi connectivity index (χ0n) is 15.9. The minimum Gasteiger partial charge on any atom is -0.337 e. The van der Waals surface area contributed by atoms with Crippen molar-refractivity contribution in [1.29, 1.82) is 0 Å². The lowest BCUT2D eigenvalue weighted by atomic mass is 9.95. The Balaban J connectivity index is 1.30. The monoisotopic (exact) mass is 375 g/mol. The van der Waals surface area contributed by atoms with Gasteiger partial charge in [-0.05, 0) is 43.0 Å². The second kappa shape index (κ2) is 7.36. The van der Waals surface area contributed by atoms with E-state index < -0.39 is 0 Å². The lowest BCUT2D eigenvalue weighted by molar-refractivity contribution is -0.135. The van der Waals surface area contributed by atoms with Crippen LogP contribution in [-0.4, -0.2) is 55.9 Å². The molecule has 6 heteroatoms. The SMILES string of the molecule is O=C(Cn1cnc2ccccc21)N1C[C@H]2CC[C@@H]1CN(Cc1ccccn1)C2. The lowest BCUT2D eigenvalue weighted by Gasteiger charge is -2.36. The first-order valence-corrected chi connectivity index (χ1v) is 10.1. The van der Waals surface area contributed by atoms with E-state index in [1.54, 1.807) is 6.33 Å². The molecule has 144 valence electrons. The molecule has 3 aromatic rings. The third kappa shape index (κ3) is 3.40. The van der Waals surface area contributed by atoms with E-state index in [1.807, 2.05) is 47.2 Å². The number of piperidine rings is 1. The molecule has 3 aliphatic heterocycles. The summed E-state index contributed by atoms with van der Waals surface area (Å²) in [5.41, 5.74) is 3.06. The van der Waals surface area contributed by atoms with Gasteiger partial charge in [-0.1, -0.05) is 18.2 Å². The number of pyridine rings is 1. The van der Waals surface area contributed by atoms with E-state index in [2.05, 4.69) is 25.8 Å². The average Bonchev–Trinajstić information content (AvgIpc) is 2.91. The van der Waals surface area contributed by atoms with Crippen molar-refractivity contribution >= 4 is 16.9 Å². The Labute approximate surface area is 164 Å². The van der Waals surface area contributed by atoms with Crippen LogP contribution in [0.15, 0.2) is 55.0 Å². The number of para-hydroxylation sites is 2. The summed E-state index contributed by atoms with van der Waals surface area (Å²) >= 11 is 0. The first-order chi connectivity index (χ1) is 13.8. The summed E-state index contributed by atoms with van der Waals surface area (Å²) in [4.78, 5) is 26.7. The topological polar surface area (TPSA) is 54.3 Å². The number of hydrogen-bond donors (Lipinski definition) is 0. The zero-order chi connectivity index (χ0) is 18.9. The van der Waals surface area contributed by atoms with Gasteiger partial charge in [0.25, 0.3) is 0 Å². The molecule has 28 heavy (non-hydrogen) atoms. The Morgan fingerprint density at radius 1 is 1.00 bits per heavy atom. The van der Waals surface area contributed by atoms with E-state index in [4.69, 9.17) is 0 Å². The molecule has 0 N–H and O–H groups in total. The van der Waals surface area contributed by atoms with Crippen molar-refractivity contribution in [2.45, 2.75) is 32.0 Å². The first-order valence-electron chi connectivity index (χ1n) is 10.1. The van der Waals surface area contributed by atoms with Crippen LogP contribution in [-0.2, 0) is 17.9 Å². The Morgan fingerprint density at radius 3 is 2.79 bits per heavy atom. The van der Waals surface area contributed by atoms with Crippen LogP contribution in [0, 0.1) is 5.92 Å². The van der Waals surface area contributed by atoms with Crippen LogP contribution in [0.5, 0.6) is 0 Å². The van der Waals surface area contributed by atoms with Gasteiger partial charge in [0.2, 0.25) is 5.91 Å². The first kappa shape index (κ1) is 17.4. The number of benzene rings is 1. The Bertz CT molecular complexity index is 969. The van der Waals surface area contributed by atoms with Crippen LogP contribution < -0.4 is 0 Å². The van der Waals surface area contributed by atoms with E-state index in [-0.39, 0.29) is 5.91 Å². The molecule has 6 nitrogen and oxygen atoms in total. The molecule has 3 fully saturated rings. The fraction of sp³-hybridized carbons (Fsp3) is 0.409. The number of hydrogen-bond acceptors (Lipinski definition) is 4. The predicted octanol–water partition coefficient (Wildman–Crippen LogP) is 2.55. The van der Waals surface area contributed by atoms with Crippen LogP contribution in [0.2, 0.25) is 0 Å². The van der Waals surface area contributed by atoms with Gasteiger partial charge >= 0.3 is 0 Å². The van der Waals surface area contributed by atoms with Gasteiger partial charge < -0.3 is 9.47 Å². The van der Waals surface area contributed by atoms with Gasteiger partial charge in [0, 0.05) is 38.4 Å². The largest absolute Gasteiger partial charge is 0.337 e. The van der Waals surface area contributed by atoms with Gasteiger partial charge in [-0.3, -0.25) is 14.7 Å². The molecule has 2 atom stereocenters. The summed E-state index contributed by atoms with van der Waals surface area (Å²) in [6, 6.07) is 14.4. The van der Waals surface area contributed by atoms with Gasteiger partial charge in [-0.2, -0.15) is 0 Å². The van der Waals surface area contributed by atoms with Crippen molar-refractivity contribution in [2.24, 2.45) is 5.92 Å². The van der Waals surface area contributed by atoms with E-state index in [9.17, 15) is 4.79 Å². The second-order valence-electron chi connectivity index (χ2n) is 8.02. The molecule has 1 aromatic carbocycles. The highest BCUT2D eigenvalue weighted by molar-refractivity contribution is 5.80.